The van der Waals surface area contributed by atoms with Crippen molar-refractivity contribution in [3.8, 4) is 0 Å². The molecule has 0 radical (unpaired) electrons. The maximum atomic E-state index is 4.65. The van der Waals surface area contributed by atoms with Gasteiger partial charge < -0.3 is 4.57 Å². The Morgan fingerprint density at radius 1 is 1.11 bits per heavy atom. The maximum absolute atomic E-state index is 4.65. The Labute approximate surface area is 121 Å². The summed E-state index contributed by atoms with van der Waals surface area (Å²) >= 11 is 0. The van der Waals surface area contributed by atoms with Gasteiger partial charge in [0.1, 0.15) is 8.24 Å². The Morgan fingerprint density at radius 2 is 1.74 bits per heavy atom. The number of anilines is 1. The molecule has 0 bridgehead atoms. The van der Waals surface area contributed by atoms with E-state index in [-0.39, 0.29) is 0 Å². The summed E-state index contributed by atoms with van der Waals surface area (Å²) < 4.78 is 5.00. The molecule has 0 aromatic carbocycles. The molecule has 1 aliphatic heterocycles. The maximum Gasteiger partial charge on any atom is 0.176 e. The first-order chi connectivity index (χ1) is 8.51. The highest BCUT2D eigenvalue weighted by molar-refractivity contribution is 6.90. The normalized spacial score (nSPS) is 22.6. The predicted octanol–water partition coefficient (Wildman–Crippen LogP) is 3.84. The second-order valence-corrected chi connectivity index (χ2v) is 23.0. The van der Waals surface area contributed by atoms with E-state index in [1.807, 2.05) is 0 Å². The molecule has 108 valence electrons. The van der Waals surface area contributed by atoms with Crippen molar-refractivity contribution < 1.29 is 0 Å². The highest BCUT2D eigenvalue weighted by Crippen LogP contribution is 2.34. The van der Waals surface area contributed by atoms with Crippen LogP contribution in [0.5, 0.6) is 0 Å². The number of hydrogen-bond donors (Lipinski definition) is 0. The minimum Gasteiger partial charge on any atom is -0.398 e. The Balaban J connectivity index is 2.31. The molecule has 2 heterocycles. The summed E-state index contributed by atoms with van der Waals surface area (Å²) in [6.45, 7) is 17.1. The third-order valence-electron chi connectivity index (χ3n) is 4.30. The first kappa shape index (κ1) is 15.1. The van der Waals surface area contributed by atoms with Crippen molar-refractivity contribution >= 4 is 30.2 Å². The van der Waals surface area contributed by atoms with E-state index in [0.717, 1.165) is 0 Å². The molecule has 2 rings (SSSR count). The zero-order chi connectivity index (χ0) is 14.5. The van der Waals surface area contributed by atoms with Gasteiger partial charge in [-0.3, -0.25) is 4.35 Å². The molecule has 6 heteroatoms. The van der Waals surface area contributed by atoms with E-state index >= 15 is 0 Å². The highest BCUT2D eigenvalue weighted by atomic mass is 28.3. The number of aromatic nitrogens is 2. The lowest BCUT2D eigenvalue weighted by Crippen LogP contribution is -2.60. The number of rotatable bonds is 2. The van der Waals surface area contributed by atoms with E-state index in [1.54, 1.807) is 0 Å². The highest BCUT2D eigenvalue weighted by Gasteiger charge is 2.41. The van der Waals surface area contributed by atoms with Gasteiger partial charge in [-0.2, -0.15) is 5.10 Å². The van der Waals surface area contributed by atoms with Gasteiger partial charge in [0.15, 0.2) is 8.24 Å². The molecule has 3 nitrogen and oxygen atoms in total. The fraction of sp³-hybridized carbons (Fsp3) is 0.769. The minimum absolute atomic E-state index is 1.03. The second-order valence-electron chi connectivity index (χ2n) is 8.38. The first-order valence-corrected chi connectivity index (χ1v) is 17.4. The van der Waals surface area contributed by atoms with Crippen LogP contribution in [0, 0.1) is 0 Å². The van der Waals surface area contributed by atoms with Crippen LogP contribution in [0.2, 0.25) is 57.9 Å². The van der Waals surface area contributed by atoms with Gasteiger partial charge in [0.2, 0.25) is 0 Å². The molecular formula is C13H29N3Si3. The molecular weight excluding hydrogens is 282 g/mol. The molecule has 1 aromatic rings. The summed E-state index contributed by atoms with van der Waals surface area (Å²) in [5.74, 6) is 0. The van der Waals surface area contributed by atoms with Crippen molar-refractivity contribution in [2.24, 2.45) is 0 Å². The molecule has 1 aliphatic rings. The van der Waals surface area contributed by atoms with Crippen LogP contribution in [-0.4, -0.2) is 40.2 Å². The summed E-state index contributed by atoms with van der Waals surface area (Å²) in [7, 11) is -3.64. The summed E-state index contributed by atoms with van der Waals surface area (Å²) in [4.78, 5) is 0. The van der Waals surface area contributed by atoms with Gasteiger partial charge in [-0.1, -0.05) is 32.2 Å². The van der Waals surface area contributed by atoms with E-state index in [1.165, 1.54) is 23.9 Å². The van der Waals surface area contributed by atoms with Gasteiger partial charge >= 0.3 is 0 Å². The first-order valence-electron chi connectivity index (χ1n) is 7.34. The lowest BCUT2D eigenvalue weighted by molar-refractivity contribution is 0.933. The Bertz CT molecular complexity index is 460. The van der Waals surface area contributed by atoms with Crippen molar-refractivity contribution in [3.05, 3.63) is 12.4 Å². The topological polar surface area (TPSA) is 21.1 Å². The van der Waals surface area contributed by atoms with E-state index in [4.69, 9.17) is 0 Å². The van der Waals surface area contributed by atoms with E-state index in [2.05, 4.69) is 72.2 Å². The molecule has 1 aromatic heterocycles. The molecule has 0 amide bonds. The van der Waals surface area contributed by atoms with Gasteiger partial charge in [0.25, 0.3) is 0 Å². The largest absolute Gasteiger partial charge is 0.398 e. The quantitative estimate of drug-likeness (QED) is 0.774. The third-order valence-corrected chi connectivity index (χ3v) is 12.9. The summed E-state index contributed by atoms with van der Waals surface area (Å²) in [6.07, 6.45) is 5.75. The Kier molecular flexibility index (Phi) is 3.64. The average molecular weight is 312 g/mol. The third kappa shape index (κ3) is 3.22. The van der Waals surface area contributed by atoms with Crippen LogP contribution in [0.3, 0.4) is 0 Å². The predicted molar refractivity (Wildman–Crippen MR) is 92.9 cm³/mol. The molecule has 0 aliphatic carbocycles. The number of hydrogen-bond acceptors (Lipinski definition) is 2. The second kappa shape index (κ2) is 4.60. The van der Waals surface area contributed by atoms with Crippen LogP contribution in [0.25, 0.3) is 0 Å². The van der Waals surface area contributed by atoms with Crippen molar-refractivity contribution in [2.75, 3.05) is 10.7 Å². The summed E-state index contributed by atoms with van der Waals surface area (Å²) in [5, 5.41) is 4.65. The molecule has 1 fully saturated rings. The van der Waals surface area contributed by atoms with Gasteiger partial charge in [0, 0.05) is 12.4 Å². The minimum atomic E-state index is -1.35. The van der Waals surface area contributed by atoms with Crippen LogP contribution in [-0.2, 0) is 0 Å². The van der Waals surface area contributed by atoms with Crippen LogP contribution in [0.1, 0.15) is 0 Å². The summed E-state index contributed by atoms with van der Waals surface area (Å²) in [5.41, 5.74) is 1.39. The Morgan fingerprint density at radius 3 is 2.26 bits per heavy atom. The molecule has 19 heavy (non-hydrogen) atoms. The fourth-order valence-corrected chi connectivity index (χ4v) is 14.1. The monoisotopic (exact) mass is 311 g/mol. The van der Waals surface area contributed by atoms with Gasteiger partial charge in [-0.05, 0) is 25.7 Å². The smallest absolute Gasteiger partial charge is 0.176 e. The lowest BCUT2D eigenvalue weighted by Gasteiger charge is -2.48. The van der Waals surface area contributed by atoms with Crippen LogP contribution in [0.15, 0.2) is 12.4 Å². The lowest BCUT2D eigenvalue weighted by atomic mass is 10.6. The van der Waals surface area contributed by atoms with E-state index < -0.39 is 24.5 Å². The molecule has 0 N–H and O–H groups in total. The van der Waals surface area contributed by atoms with Gasteiger partial charge in [-0.15, -0.1) is 0 Å². The van der Waals surface area contributed by atoms with E-state index in [0.29, 0.717) is 0 Å². The van der Waals surface area contributed by atoms with Crippen molar-refractivity contribution in [3.63, 3.8) is 0 Å². The van der Waals surface area contributed by atoms with E-state index in [9.17, 15) is 0 Å². The van der Waals surface area contributed by atoms with Crippen molar-refractivity contribution in [2.45, 2.75) is 57.9 Å². The Hall–Kier alpha value is -0.339. The summed E-state index contributed by atoms with van der Waals surface area (Å²) in [6, 6.07) is 2.95. The zero-order valence-electron chi connectivity index (χ0n) is 13.6. The zero-order valence-corrected chi connectivity index (χ0v) is 16.6. The van der Waals surface area contributed by atoms with Crippen LogP contribution in [0.4, 0.5) is 5.69 Å². The van der Waals surface area contributed by atoms with Gasteiger partial charge in [0.05, 0.1) is 20.0 Å². The number of nitrogens with zero attached hydrogens (tertiary/aromatic N) is 3. The molecule has 1 saturated heterocycles. The molecule has 0 saturated carbocycles. The van der Waals surface area contributed by atoms with Crippen molar-refractivity contribution in [1.29, 1.82) is 0 Å². The molecule has 0 spiro atoms. The molecule has 0 atom stereocenters. The standard InChI is InChI=1S/C13H29N3Si3/c1-17(2,3)16-11-13(10-14-16)15-12-18(4,5)8-9-19(15,6)7/h10-11H,8-9,12H2,1-7H3. The molecule has 0 unspecified atom stereocenters. The van der Waals surface area contributed by atoms with Crippen LogP contribution < -0.4 is 4.57 Å². The van der Waals surface area contributed by atoms with Crippen LogP contribution >= 0.6 is 0 Å². The fourth-order valence-electron chi connectivity index (χ4n) is 2.76. The van der Waals surface area contributed by atoms with Crippen molar-refractivity contribution in [1.82, 2.24) is 9.45 Å². The SMILES string of the molecule is C[Si]1(C)CC[Si](C)(C)N(c2cnn([Si](C)(C)C)c2)C1. The average Bonchev–Trinajstić information content (AvgIpc) is 2.70. The van der Waals surface area contributed by atoms with Gasteiger partial charge in [-0.25, -0.2) is 0 Å².